The van der Waals surface area contributed by atoms with Crippen LogP contribution in [0.15, 0.2) is 71.9 Å². The van der Waals surface area contributed by atoms with E-state index in [1.54, 1.807) is 0 Å². The predicted octanol–water partition coefficient (Wildman–Crippen LogP) is 5.33. The molecule has 0 saturated carbocycles. The maximum Gasteiger partial charge on any atom is 0.161 e. The normalized spacial score (nSPS) is 17.4. The van der Waals surface area contributed by atoms with Gasteiger partial charge < -0.3 is 0 Å². The van der Waals surface area contributed by atoms with Gasteiger partial charge in [0.2, 0.25) is 0 Å². The number of hydrogen-bond donors (Lipinski definition) is 0. The number of Topliss-reactive ketones (excluding diaryl/α,β-unsaturated/α-hetero) is 1. The average Bonchev–Trinajstić information content (AvgIpc) is 2.82. The molecule has 0 aromatic heterocycles. The Labute approximate surface area is 187 Å². The molecule has 0 amide bonds. The van der Waals surface area contributed by atoms with Gasteiger partial charge in [0.25, 0.3) is 0 Å². The minimum absolute atomic E-state index is 0.411. The predicted molar refractivity (Wildman–Crippen MR) is 126 cm³/mol. The largest absolute Gasteiger partial charge is 0.300 e. The van der Waals surface area contributed by atoms with Gasteiger partial charge in [-0.2, -0.15) is 0 Å². The van der Waals surface area contributed by atoms with E-state index in [4.69, 9.17) is 6.57 Å². The van der Waals surface area contributed by atoms with Gasteiger partial charge in [-0.15, -0.1) is 0 Å². The molecule has 2 saturated heterocycles. The highest BCUT2D eigenvalue weighted by Crippen LogP contribution is 2.21. The van der Waals surface area contributed by atoms with Gasteiger partial charge in [-0.3, -0.25) is 14.6 Å². The van der Waals surface area contributed by atoms with Crippen molar-refractivity contribution in [3.05, 3.63) is 94.5 Å². The first-order chi connectivity index (χ1) is 15.1. The Kier molecular flexibility index (Phi) is 9.02. The number of likely N-dealkylation sites (tertiary alicyclic amines) is 2. The molecule has 0 aliphatic carbocycles. The van der Waals surface area contributed by atoms with E-state index < -0.39 is 0 Å². The topological polar surface area (TPSA) is 27.9 Å². The number of ketones is 1. The van der Waals surface area contributed by atoms with Gasteiger partial charge in [-0.1, -0.05) is 66.2 Å². The molecule has 0 atom stereocenters. The van der Waals surface area contributed by atoms with Crippen LogP contribution < -0.4 is 0 Å². The van der Waals surface area contributed by atoms with Crippen molar-refractivity contribution in [3.8, 4) is 0 Å². The first-order valence-electron chi connectivity index (χ1n) is 11.2. The second-order valence-corrected chi connectivity index (χ2v) is 8.36. The highest BCUT2D eigenvalue weighted by Gasteiger charge is 2.16. The van der Waals surface area contributed by atoms with Crippen molar-refractivity contribution in [3.63, 3.8) is 0 Å². The summed E-state index contributed by atoms with van der Waals surface area (Å²) in [7, 11) is 0. The molecule has 162 valence electrons. The molecule has 0 unspecified atom stereocenters. The fraction of sp³-hybridized carbons (Fsp3) is 0.407. The maximum absolute atomic E-state index is 11.0. The third-order valence-corrected chi connectivity index (χ3v) is 6.05. The molecule has 2 fully saturated rings. The van der Waals surface area contributed by atoms with Crippen molar-refractivity contribution >= 4 is 5.78 Å². The zero-order valence-electron chi connectivity index (χ0n) is 18.6. The summed E-state index contributed by atoms with van der Waals surface area (Å²) in [5.74, 6) is 0.411. The summed E-state index contributed by atoms with van der Waals surface area (Å²) >= 11 is 0. The molecule has 2 heterocycles. The number of nitrogens with zero attached hydrogens (tertiary/aromatic N) is 3. The smallest absolute Gasteiger partial charge is 0.161 e. The van der Waals surface area contributed by atoms with Crippen molar-refractivity contribution in [2.24, 2.45) is 0 Å². The third-order valence-electron chi connectivity index (χ3n) is 6.05. The Balaban J connectivity index is 0.000000179. The Morgan fingerprint density at radius 3 is 1.61 bits per heavy atom. The lowest BCUT2D eigenvalue weighted by Crippen LogP contribution is -2.33. The SMILES string of the molecule is O=C1CCN(Cc2ccccc2)CC1.[C-]#[N+]C(C)=C1CCN(Cc2ccccc2)CC1. The van der Waals surface area contributed by atoms with Crippen LogP contribution in [0.5, 0.6) is 0 Å². The molecular formula is C27H33N3O. The number of carbonyl (C=O) groups is 1. The molecule has 2 aliphatic heterocycles. The number of rotatable bonds is 4. The second kappa shape index (κ2) is 12.2. The minimum Gasteiger partial charge on any atom is -0.300 e. The summed E-state index contributed by atoms with van der Waals surface area (Å²) in [6.45, 7) is 15.0. The van der Waals surface area contributed by atoms with Crippen LogP contribution in [0.25, 0.3) is 4.85 Å². The molecule has 0 radical (unpaired) electrons. The molecule has 2 aromatic rings. The molecule has 4 nitrogen and oxygen atoms in total. The van der Waals surface area contributed by atoms with Gasteiger partial charge in [-0.25, -0.2) is 4.85 Å². The molecule has 4 rings (SSSR count). The lowest BCUT2D eigenvalue weighted by atomic mass is 10.0. The number of benzene rings is 2. The van der Waals surface area contributed by atoms with Crippen molar-refractivity contribution < 1.29 is 4.79 Å². The van der Waals surface area contributed by atoms with E-state index in [1.807, 2.05) is 13.0 Å². The molecule has 0 spiro atoms. The molecule has 31 heavy (non-hydrogen) atoms. The Morgan fingerprint density at radius 1 is 0.774 bits per heavy atom. The Bertz CT molecular complexity index is 879. The highest BCUT2D eigenvalue weighted by atomic mass is 16.1. The summed E-state index contributed by atoms with van der Waals surface area (Å²) in [5, 5.41) is 0. The quantitative estimate of drug-likeness (QED) is 0.632. The van der Waals surface area contributed by atoms with Gasteiger partial charge in [0.15, 0.2) is 5.70 Å². The van der Waals surface area contributed by atoms with Gasteiger partial charge in [0.05, 0.1) is 6.57 Å². The fourth-order valence-corrected chi connectivity index (χ4v) is 4.07. The zero-order valence-corrected chi connectivity index (χ0v) is 18.6. The molecule has 0 N–H and O–H groups in total. The van der Waals surface area contributed by atoms with Crippen LogP contribution in [0, 0.1) is 6.57 Å². The second-order valence-electron chi connectivity index (χ2n) is 8.36. The lowest BCUT2D eigenvalue weighted by molar-refractivity contribution is -0.121. The van der Waals surface area contributed by atoms with E-state index in [0.29, 0.717) is 5.78 Å². The van der Waals surface area contributed by atoms with Crippen molar-refractivity contribution in [1.82, 2.24) is 9.80 Å². The van der Waals surface area contributed by atoms with Crippen LogP contribution in [-0.4, -0.2) is 41.8 Å². The average molecular weight is 416 g/mol. The van der Waals surface area contributed by atoms with E-state index in [-0.39, 0.29) is 0 Å². The summed E-state index contributed by atoms with van der Waals surface area (Å²) in [6.07, 6.45) is 3.57. The Morgan fingerprint density at radius 2 is 1.19 bits per heavy atom. The minimum atomic E-state index is 0.411. The number of carbonyl (C=O) groups excluding carboxylic acids is 1. The zero-order chi connectivity index (χ0) is 21.9. The van der Waals surface area contributed by atoms with E-state index in [0.717, 1.165) is 70.6 Å². The highest BCUT2D eigenvalue weighted by molar-refractivity contribution is 5.79. The molecule has 2 aromatic carbocycles. The molecule has 4 heteroatoms. The van der Waals surface area contributed by atoms with Crippen LogP contribution in [0.3, 0.4) is 0 Å². The van der Waals surface area contributed by atoms with E-state index >= 15 is 0 Å². The van der Waals surface area contributed by atoms with Gasteiger partial charge >= 0.3 is 0 Å². The Hall–Kier alpha value is -2.74. The fourth-order valence-electron chi connectivity index (χ4n) is 4.07. The van der Waals surface area contributed by atoms with E-state index in [1.165, 1.54) is 16.7 Å². The van der Waals surface area contributed by atoms with E-state index in [9.17, 15) is 4.79 Å². The third kappa shape index (κ3) is 7.79. The van der Waals surface area contributed by atoms with Crippen LogP contribution in [0.4, 0.5) is 0 Å². The summed E-state index contributed by atoms with van der Waals surface area (Å²) < 4.78 is 0. The van der Waals surface area contributed by atoms with Crippen LogP contribution in [0.1, 0.15) is 43.7 Å². The van der Waals surface area contributed by atoms with Crippen LogP contribution in [0.2, 0.25) is 0 Å². The molecule has 0 bridgehead atoms. The monoisotopic (exact) mass is 415 g/mol. The first-order valence-corrected chi connectivity index (χ1v) is 11.2. The number of piperidine rings is 2. The van der Waals surface area contributed by atoms with Crippen molar-refractivity contribution in [2.45, 2.75) is 45.7 Å². The first kappa shape index (κ1) is 22.9. The van der Waals surface area contributed by atoms with E-state index in [2.05, 4.69) is 69.2 Å². The van der Waals surface area contributed by atoms with Gasteiger partial charge in [0, 0.05) is 52.1 Å². The number of hydrogen-bond acceptors (Lipinski definition) is 3. The van der Waals surface area contributed by atoms with Crippen LogP contribution >= 0.6 is 0 Å². The maximum atomic E-state index is 11.0. The summed E-state index contributed by atoms with van der Waals surface area (Å²) in [4.78, 5) is 19.4. The van der Waals surface area contributed by atoms with Gasteiger partial charge in [0.1, 0.15) is 5.78 Å². The summed E-state index contributed by atoms with van der Waals surface area (Å²) in [5.41, 5.74) is 4.97. The van der Waals surface area contributed by atoms with Crippen LogP contribution in [-0.2, 0) is 17.9 Å². The van der Waals surface area contributed by atoms with Crippen molar-refractivity contribution in [2.75, 3.05) is 26.2 Å². The standard InChI is InChI=1S/C15H18N2.C12H15NO/c1-13(16-2)15-8-10-17(11-9-15)12-14-6-4-3-5-7-14;14-12-6-8-13(9-7-12)10-11-4-2-1-3-5-11/h3-7H,8-12H2,1H3;1-5H,6-10H2. The molecule has 2 aliphatic rings. The summed E-state index contributed by atoms with van der Waals surface area (Å²) in [6, 6.07) is 21.0. The van der Waals surface area contributed by atoms with Gasteiger partial charge in [-0.05, 0) is 30.9 Å². The molecular weight excluding hydrogens is 382 g/mol. The number of allylic oxidation sites excluding steroid dienone is 1. The lowest BCUT2D eigenvalue weighted by Gasteiger charge is -2.28. The van der Waals surface area contributed by atoms with Crippen molar-refractivity contribution in [1.29, 1.82) is 0 Å².